The summed E-state index contributed by atoms with van der Waals surface area (Å²) in [7, 11) is 0. The number of aliphatic hydroxyl groups excluding tert-OH is 1. The third-order valence-electron chi connectivity index (χ3n) is 6.12. The second kappa shape index (κ2) is 10.0. The van der Waals surface area contributed by atoms with Gasteiger partial charge in [-0.05, 0) is 28.7 Å². The van der Waals surface area contributed by atoms with Crippen LogP contribution in [0.4, 0.5) is 4.79 Å². The lowest BCUT2D eigenvalue weighted by atomic mass is 9.98. The van der Waals surface area contributed by atoms with Crippen molar-refractivity contribution in [2.75, 3.05) is 26.4 Å². The molecule has 2 aliphatic rings. The monoisotopic (exact) mass is 454 g/mol. The molecule has 1 saturated heterocycles. The molecule has 0 radical (unpaired) electrons. The van der Waals surface area contributed by atoms with E-state index < -0.39 is 36.7 Å². The minimum Gasteiger partial charge on any atom is -0.480 e. The molecule has 9 heteroatoms. The zero-order valence-electron chi connectivity index (χ0n) is 17.9. The van der Waals surface area contributed by atoms with Crippen LogP contribution in [-0.4, -0.2) is 66.7 Å². The van der Waals surface area contributed by atoms with Gasteiger partial charge < -0.3 is 30.3 Å². The molecule has 1 heterocycles. The first-order valence-electron chi connectivity index (χ1n) is 10.8. The second-order valence-electron chi connectivity index (χ2n) is 8.13. The fraction of sp³-hybridized carbons (Fsp3) is 0.375. The summed E-state index contributed by atoms with van der Waals surface area (Å²) in [5.74, 6) is -2.35. The Hall–Kier alpha value is -3.43. The zero-order valence-corrected chi connectivity index (χ0v) is 17.9. The van der Waals surface area contributed by atoms with Gasteiger partial charge >= 0.3 is 12.1 Å². The highest BCUT2D eigenvalue weighted by Gasteiger charge is 2.36. The van der Waals surface area contributed by atoms with Crippen molar-refractivity contribution in [3.05, 3.63) is 59.7 Å². The molecule has 1 aliphatic heterocycles. The summed E-state index contributed by atoms with van der Waals surface area (Å²) in [6.45, 7) is -0.0875. The number of carbonyl (C=O) groups is 3. The molecule has 2 aromatic rings. The molecular formula is C24H26N2O7. The maximum absolute atomic E-state index is 12.4. The van der Waals surface area contributed by atoms with Crippen LogP contribution in [0.1, 0.15) is 23.5 Å². The fourth-order valence-corrected chi connectivity index (χ4v) is 4.44. The van der Waals surface area contributed by atoms with Crippen LogP contribution in [0.5, 0.6) is 0 Å². The Kier molecular flexibility index (Phi) is 6.90. The van der Waals surface area contributed by atoms with Gasteiger partial charge in [0.25, 0.3) is 0 Å². The van der Waals surface area contributed by atoms with Crippen LogP contribution in [0, 0.1) is 5.92 Å². The van der Waals surface area contributed by atoms with Crippen molar-refractivity contribution >= 4 is 18.0 Å². The van der Waals surface area contributed by atoms with Crippen molar-refractivity contribution in [1.29, 1.82) is 0 Å². The van der Waals surface area contributed by atoms with Crippen LogP contribution in [0.2, 0.25) is 0 Å². The van der Waals surface area contributed by atoms with Crippen molar-refractivity contribution in [3.63, 3.8) is 0 Å². The molecule has 2 amide bonds. The number of nitrogens with one attached hydrogen (secondary N) is 2. The number of carboxylic acids is 1. The van der Waals surface area contributed by atoms with Gasteiger partial charge in [0, 0.05) is 25.0 Å². The van der Waals surface area contributed by atoms with E-state index in [0.29, 0.717) is 13.0 Å². The zero-order chi connectivity index (χ0) is 23.4. The second-order valence-corrected chi connectivity index (χ2v) is 8.13. The molecule has 4 rings (SSSR count). The van der Waals surface area contributed by atoms with Crippen LogP contribution in [0.3, 0.4) is 0 Å². The molecule has 3 atom stereocenters. The summed E-state index contributed by atoms with van der Waals surface area (Å²) in [6, 6.07) is 14.7. The SMILES string of the molecule is O=C(NCC1CCOC1C(=O)NC(CO)C(=O)O)OCC1c2ccccc2-c2ccccc21. The van der Waals surface area contributed by atoms with Gasteiger partial charge in [-0.15, -0.1) is 0 Å². The molecule has 1 fully saturated rings. The maximum Gasteiger partial charge on any atom is 0.407 e. The van der Waals surface area contributed by atoms with Gasteiger partial charge in [0.05, 0.1) is 6.61 Å². The number of rotatable bonds is 8. The number of hydrogen-bond acceptors (Lipinski definition) is 6. The van der Waals surface area contributed by atoms with E-state index in [2.05, 4.69) is 22.8 Å². The smallest absolute Gasteiger partial charge is 0.407 e. The summed E-state index contributed by atoms with van der Waals surface area (Å²) in [5, 5.41) is 23.0. The van der Waals surface area contributed by atoms with E-state index in [-0.39, 0.29) is 25.0 Å². The minimum atomic E-state index is -1.41. The minimum absolute atomic E-state index is 0.0528. The van der Waals surface area contributed by atoms with Gasteiger partial charge in [-0.2, -0.15) is 0 Å². The third-order valence-corrected chi connectivity index (χ3v) is 6.12. The Morgan fingerprint density at radius 2 is 1.70 bits per heavy atom. The van der Waals surface area contributed by atoms with Gasteiger partial charge in [0.1, 0.15) is 18.8 Å². The first-order chi connectivity index (χ1) is 16.0. The molecule has 0 spiro atoms. The number of aliphatic carboxylic acids is 1. The highest BCUT2D eigenvalue weighted by Crippen LogP contribution is 2.44. The maximum atomic E-state index is 12.4. The first-order valence-corrected chi connectivity index (χ1v) is 10.8. The number of fused-ring (bicyclic) bond motifs is 3. The van der Waals surface area contributed by atoms with Crippen LogP contribution < -0.4 is 10.6 Å². The standard InChI is InChI=1S/C24H26N2O7/c27-12-20(23(29)30)26-22(28)21-14(9-10-32-21)11-25-24(31)33-13-19-17-7-3-1-5-15(17)16-6-2-4-8-18(16)19/h1-8,14,19-21,27H,9-13H2,(H,25,31)(H,26,28)(H,29,30). The van der Waals surface area contributed by atoms with Gasteiger partial charge in [-0.1, -0.05) is 48.5 Å². The van der Waals surface area contributed by atoms with E-state index in [9.17, 15) is 14.4 Å². The van der Waals surface area contributed by atoms with Crippen LogP contribution in [0.25, 0.3) is 11.1 Å². The van der Waals surface area contributed by atoms with Crippen LogP contribution >= 0.6 is 0 Å². The molecule has 9 nitrogen and oxygen atoms in total. The van der Waals surface area contributed by atoms with E-state index in [1.54, 1.807) is 0 Å². The highest BCUT2D eigenvalue weighted by atomic mass is 16.5. The van der Waals surface area contributed by atoms with E-state index in [0.717, 1.165) is 22.3 Å². The van der Waals surface area contributed by atoms with Gasteiger partial charge in [-0.25, -0.2) is 9.59 Å². The molecule has 1 aliphatic carbocycles. The molecule has 33 heavy (non-hydrogen) atoms. The summed E-state index contributed by atoms with van der Waals surface area (Å²) < 4.78 is 10.9. The topological polar surface area (TPSA) is 134 Å². The first kappa shape index (κ1) is 22.8. The normalized spacial score (nSPS) is 19.9. The highest BCUT2D eigenvalue weighted by molar-refractivity contribution is 5.87. The predicted molar refractivity (Wildman–Crippen MR) is 118 cm³/mol. The third kappa shape index (κ3) is 4.84. The lowest BCUT2D eigenvalue weighted by Crippen LogP contribution is -2.49. The largest absolute Gasteiger partial charge is 0.480 e. The van der Waals surface area contributed by atoms with Crippen molar-refractivity contribution in [2.45, 2.75) is 24.5 Å². The Labute approximate surface area is 190 Å². The molecule has 3 unspecified atom stereocenters. The Morgan fingerprint density at radius 1 is 1.06 bits per heavy atom. The Balaban J connectivity index is 1.31. The summed E-state index contributed by atoms with van der Waals surface area (Å²) in [6.07, 6.45) is -0.979. The van der Waals surface area contributed by atoms with E-state index in [1.165, 1.54) is 0 Å². The molecular weight excluding hydrogens is 428 g/mol. The van der Waals surface area contributed by atoms with E-state index >= 15 is 0 Å². The molecule has 0 aromatic heterocycles. The summed E-state index contributed by atoms with van der Waals surface area (Å²) >= 11 is 0. The number of ether oxygens (including phenoxy) is 2. The van der Waals surface area contributed by atoms with Gasteiger partial charge in [0.15, 0.2) is 0 Å². The van der Waals surface area contributed by atoms with Gasteiger partial charge in [-0.3, -0.25) is 4.79 Å². The Morgan fingerprint density at radius 3 is 2.30 bits per heavy atom. The number of carboxylic acid groups (broad SMARTS) is 1. The quantitative estimate of drug-likeness (QED) is 0.475. The number of aliphatic hydroxyl groups is 1. The van der Waals surface area contributed by atoms with Crippen molar-refractivity contribution < 1.29 is 34.1 Å². The molecule has 4 N–H and O–H groups in total. The number of carbonyl (C=O) groups excluding carboxylic acids is 2. The number of alkyl carbamates (subject to hydrolysis) is 1. The van der Waals surface area contributed by atoms with Crippen LogP contribution in [0.15, 0.2) is 48.5 Å². The number of benzene rings is 2. The number of amides is 2. The van der Waals surface area contributed by atoms with E-state index in [1.807, 2.05) is 36.4 Å². The average molecular weight is 454 g/mol. The summed E-state index contributed by atoms with van der Waals surface area (Å²) in [5.41, 5.74) is 4.51. The van der Waals surface area contributed by atoms with Crippen molar-refractivity contribution in [3.8, 4) is 11.1 Å². The summed E-state index contributed by atoms with van der Waals surface area (Å²) in [4.78, 5) is 35.8. The lowest BCUT2D eigenvalue weighted by molar-refractivity contribution is -0.145. The van der Waals surface area contributed by atoms with Crippen LogP contribution in [-0.2, 0) is 19.1 Å². The van der Waals surface area contributed by atoms with Gasteiger partial charge in [0.2, 0.25) is 5.91 Å². The molecule has 174 valence electrons. The van der Waals surface area contributed by atoms with Crippen molar-refractivity contribution in [2.24, 2.45) is 5.92 Å². The molecule has 0 saturated carbocycles. The molecule has 0 bridgehead atoms. The average Bonchev–Trinajstić information content (AvgIpc) is 3.42. The molecule has 2 aromatic carbocycles. The van der Waals surface area contributed by atoms with E-state index in [4.69, 9.17) is 19.7 Å². The fourth-order valence-electron chi connectivity index (χ4n) is 4.44. The predicted octanol–water partition coefficient (Wildman–Crippen LogP) is 1.49. The lowest BCUT2D eigenvalue weighted by Gasteiger charge is -2.21. The Bertz CT molecular complexity index is 995. The van der Waals surface area contributed by atoms with Crippen molar-refractivity contribution in [1.82, 2.24) is 10.6 Å². The number of hydrogen-bond donors (Lipinski definition) is 4.